The quantitative estimate of drug-likeness (QED) is 0.671. The van der Waals surface area contributed by atoms with Crippen molar-refractivity contribution in [3.8, 4) is 5.75 Å². The number of rotatable bonds is 1. The molecule has 1 heterocycles. The molecule has 4 rings (SSSR count). The molecule has 2 aromatic carbocycles. The van der Waals surface area contributed by atoms with Crippen molar-refractivity contribution in [1.29, 1.82) is 0 Å². The van der Waals surface area contributed by atoms with Crippen molar-refractivity contribution >= 4 is 16.8 Å². The van der Waals surface area contributed by atoms with Crippen LogP contribution in [0.5, 0.6) is 5.75 Å². The van der Waals surface area contributed by atoms with Crippen molar-refractivity contribution in [3.63, 3.8) is 0 Å². The van der Waals surface area contributed by atoms with Crippen molar-refractivity contribution in [1.82, 2.24) is 0 Å². The molecular weight excluding hydrogens is 276 g/mol. The van der Waals surface area contributed by atoms with E-state index in [9.17, 15) is 4.79 Å². The lowest BCUT2D eigenvalue weighted by Gasteiger charge is -2.31. The summed E-state index contributed by atoms with van der Waals surface area (Å²) in [5.74, 6) is 1.45. The molecule has 22 heavy (non-hydrogen) atoms. The number of benzene rings is 2. The first kappa shape index (κ1) is 13.1. The van der Waals surface area contributed by atoms with E-state index < -0.39 is 5.41 Å². The SMILES string of the molecule is COc1cccc2c1C(C)(C)c1oc3ccccc3c1C2=O. The molecular formula is C19H16O3. The number of methoxy groups -OCH3 is 1. The zero-order chi connectivity index (χ0) is 15.5. The zero-order valence-corrected chi connectivity index (χ0v) is 12.8. The van der Waals surface area contributed by atoms with Gasteiger partial charge in [0.1, 0.15) is 17.1 Å². The first-order valence-corrected chi connectivity index (χ1v) is 7.30. The summed E-state index contributed by atoms with van der Waals surface area (Å²) < 4.78 is 11.5. The van der Waals surface area contributed by atoms with E-state index in [2.05, 4.69) is 13.8 Å². The molecule has 0 bridgehead atoms. The molecule has 1 aromatic heterocycles. The number of carbonyl (C=O) groups excluding carboxylic acids is 1. The van der Waals surface area contributed by atoms with Gasteiger partial charge in [-0.3, -0.25) is 4.79 Å². The molecule has 0 N–H and O–H groups in total. The number of hydrogen-bond acceptors (Lipinski definition) is 3. The van der Waals surface area contributed by atoms with E-state index in [1.165, 1.54) is 0 Å². The van der Waals surface area contributed by atoms with Crippen LogP contribution in [-0.2, 0) is 5.41 Å². The van der Waals surface area contributed by atoms with E-state index in [1.54, 1.807) is 7.11 Å². The molecule has 3 heteroatoms. The zero-order valence-electron chi connectivity index (χ0n) is 12.8. The van der Waals surface area contributed by atoms with Crippen molar-refractivity contribution in [2.24, 2.45) is 0 Å². The van der Waals surface area contributed by atoms with E-state index in [-0.39, 0.29) is 5.78 Å². The Bertz CT molecular complexity index is 916. The van der Waals surface area contributed by atoms with Crippen LogP contribution >= 0.6 is 0 Å². The Balaban J connectivity index is 2.14. The second-order valence-corrected chi connectivity index (χ2v) is 6.14. The predicted octanol–water partition coefficient (Wildman–Crippen LogP) is 4.31. The number of carbonyl (C=O) groups is 1. The number of ether oxygens (including phenoxy) is 1. The van der Waals surface area contributed by atoms with Gasteiger partial charge in [-0.1, -0.05) is 30.3 Å². The van der Waals surface area contributed by atoms with Crippen molar-refractivity contribution in [2.45, 2.75) is 19.3 Å². The van der Waals surface area contributed by atoms with E-state index in [0.29, 0.717) is 11.1 Å². The maximum absolute atomic E-state index is 13.0. The molecule has 0 amide bonds. The molecule has 110 valence electrons. The van der Waals surface area contributed by atoms with Crippen LogP contribution < -0.4 is 4.74 Å². The van der Waals surface area contributed by atoms with Gasteiger partial charge in [0.15, 0.2) is 5.78 Å². The average Bonchev–Trinajstić information content (AvgIpc) is 2.93. The van der Waals surface area contributed by atoms with Gasteiger partial charge in [0, 0.05) is 16.5 Å². The van der Waals surface area contributed by atoms with Gasteiger partial charge in [-0.25, -0.2) is 0 Å². The van der Waals surface area contributed by atoms with Gasteiger partial charge in [-0.05, 0) is 26.0 Å². The fourth-order valence-corrected chi connectivity index (χ4v) is 3.49. The smallest absolute Gasteiger partial charge is 0.197 e. The number of fused-ring (bicyclic) bond motifs is 4. The lowest BCUT2D eigenvalue weighted by molar-refractivity contribution is 0.102. The number of hydrogen-bond donors (Lipinski definition) is 0. The molecule has 0 atom stereocenters. The average molecular weight is 292 g/mol. The van der Waals surface area contributed by atoms with Gasteiger partial charge in [0.25, 0.3) is 0 Å². The predicted molar refractivity (Wildman–Crippen MR) is 84.8 cm³/mol. The lowest BCUT2D eigenvalue weighted by atomic mass is 9.71. The summed E-state index contributed by atoms with van der Waals surface area (Å²) in [5.41, 5.74) is 2.60. The summed E-state index contributed by atoms with van der Waals surface area (Å²) in [6.07, 6.45) is 0. The number of ketones is 1. The van der Waals surface area contributed by atoms with E-state index in [0.717, 1.165) is 28.0 Å². The Morgan fingerprint density at radius 3 is 2.59 bits per heavy atom. The Labute approximate surface area is 128 Å². The fourth-order valence-electron chi connectivity index (χ4n) is 3.49. The Morgan fingerprint density at radius 1 is 1.05 bits per heavy atom. The van der Waals surface area contributed by atoms with Gasteiger partial charge in [-0.15, -0.1) is 0 Å². The molecule has 0 fully saturated rings. The Hall–Kier alpha value is -2.55. The highest BCUT2D eigenvalue weighted by Gasteiger charge is 2.43. The normalized spacial score (nSPS) is 15.5. The monoisotopic (exact) mass is 292 g/mol. The molecule has 0 unspecified atom stereocenters. The Morgan fingerprint density at radius 2 is 1.82 bits per heavy atom. The van der Waals surface area contributed by atoms with Crippen molar-refractivity contribution in [2.75, 3.05) is 7.11 Å². The third-order valence-electron chi connectivity index (χ3n) is 4.51. The summed E-state index contributed by atoms with van der Waals surface area (Å²) in [7, 11) is 1.63. The molecule has 0 saturated heterocycles. The molecule has 0 spiro atoms. The largest absolute Gasteiger partial charge is 0.496 e. The Kier molecular flexibility index (Phi) is 2.52. The maximum Gasteiger partial charge on any atom is 0.197 e. The lowest BCUT2D eigenvalue weighted by Crippen LogP contribution is -2.30. The standard InChI is InChI=1S/C19H16O3/c1-19(2)16-12(8-6-10-14(16)21-3)17(20)15-11-7-4-5-9-13(11)22-18(15)19/h4-10H,1-3H3. The highest BCUT2D eigenvalue weighted by Crippen LogP contribution is 2.48. The summed E-state index contributed by atoms with van der Waals surface area (Å²) in [6, 6.07) is 13.3. The van der Waals surface area contributed by atoms with Gasteiger partial charge in [-0.2, -0.15) is 0 Å². The maximum atomic E-state index is 13.0. The summed E-state index contributed by atoms with van der Waals surface area (Å²) in [6.45, 7) is 4.14. The molecule has 3 aromatic rings. The van der Waals surface area contributed by atoms with Crippen LogP contribution in [0, 0.1) is 0 Å². The summed E-state index contributed by atoms with van der Waals surface area (Å²) >= 11 is 0. The highest BCUT2D eigenvalue weighted by molar-refractivity contribution is 6.19. The molecule has 1 aliphatic rings. The molecule has 0 aliphatic heterocycles. The molecule has 3 nitrogen and oxygen atoms in total. The van der Waals surface area contributed by atoms with Crippen LogP contribution in [-0.4, -0.2) is 12.9 Å². The molecule has 0 radical (unpaired) electrons. The number of para-hydroxylation sites is 1. The van der Waals surface area contributed by atoms with E-state index >= 15 is 0 Å². The van der Waals surface area contributed by atoms with Crippen LogP contribution in [0.3, 0.4) is 0 Å². The van der Waals surface area contributed by atoms with Crippen LogP contribution in [0.25, 0.3) is 11.0 Å². The minimum Gasteiger partial charge on any atom is -0.496 e. The van der Waals surface area contributed by atoms with Gasteiger partial charge >= 0.3 is 0 Å². The second kappa shape index (κ2) is 4.23. The van der Waals surface area contributed by atoms with E-state index in [1.807, 2.05) is 42.5 Å². The van der Waals surface area contributed by atoms with Crippen LogP contribution in [0.1, 0.15) is 41.1 Å². The van der Waals surface area contributed by atoms with Gasteiger partial charge < -0.3 is 9.15 Å². The van der Waals surface area contributed by atoms with Crippen LogP contribution in [0.2, 0.25) is 0 Å². The highest BCUT2D eigenvalue weighted by atomic mass is 16.5. The summed E-state index contributed by atoms with van der Waals surface area (Å²) in [4.78, 5) is 13.0. The third-order valence-corrected chi connectivity index (χ3v) is 4.51. The van der Waals surface area contributed by atoms with Crippen molar-refractivity contribution in [3.05, 3.63) is 64.9 Å². The second-order valence-electron chi connectivity index (χ2n) is 6.14. The minimum atomic E-state index is -0.426. The number of furan rings is 1. The van der Waals surface area contributed by atoms with Crippen LogP contribution in [0.4, 0.5) is 0 Å². The van der Waals surface area contributed by atoms with Crippen molar-refractivity contribution < 1.29 is 13.9 Å². The minimum absolute atomic E-state index is 0.00757. The first-order chi connectivity index (χ1) is 10.6. The summed E-state index contributed by atoms with van der Waals surface area (Å²) in [5, 5.41) is 0.879. The third kappa shape index (κ3) is 1.48. The van der Waals surface area contributed by atoms with Crippen LogP contribution in [0.15, 0.2) is 46.9 Å². The first-order valence-electron chi connectivity index (χ1n) is 7.30. The topological polar surface area (TPSA) is 39.4 Å². The molecule has 1 aliphatic carbocycles. The fraction of sp³-hybridized carbons (Fsp3) is 0.211. The van der Waals surface area contributed by atoms with Gasteiger partial charge in [0.2, 0.25) is 0 Å². The van der Waals surface area contributed by atoms with E-state index in [4.69, 9.17) is 9.15 Å². The van der Waals surface area contributed by atoms with Gasteiger partial charge in [0.05, 0.1) is 18.1 Å². The molecule has 0 saturated carbocycles.